The van der Waals surface area contributed by atoms with E-state index in [0.29, 0.717) is 6.54 Å². The summed E-state index contributed by atoms with van der Waals surface area (Å²) < 4.78 is 0. The van der Waals surface area contributed by atoms with E-state index in [2.05, 4.69) is 4.98 Å². The van der Waals surface area contributed by atoms with Gasteiger partial charge in [0.25, 0.3) is 0 Å². The molecule has 0 fully saturated rings. The van der Waals surface area contributed by atoms with Crippen LogP contribution >= 0.6 is 0 Å². The highest BCUT2D eigenvalue weighted by molar-refractivity contribution is 5.74. The number of nitrogens with zero attached hydrogens (tertiary/aromatic N) is 2. The quantitative estimate of drug-likeness (QED) is 0.644. The van der Waals surface area contributed by atoms with Crippen molar-refractivity contribution in [2.45, 2.75) is 6.92 Å². The summed E-state index contributed by atoms with van der Waals surface area (Å²) in [6.45, 7) is 2.27. The maximum atomic E-state index is 10.6. The van der Waals surface area contributed by atoms with E-state index in [1.54, 1.807) is 30.4 Å². The van der Waals surface area contributed by atoms with Crippen molar-refractivity contribution >= 4 is 5.91 Å². The van der Waals surface area contributed by atoms with Crippen LogP contribution < -0.4 is 0 Å². The van der Waals surface area contributed by atoms with Crippen molar-refractivity contribution in [3.05, 3.63) is 55.0 Å². The van der Waals surface area contributed by atoms with E-state index in [0.717, 1.165) is 0 Å². The van der Waals surface area contributed by atoms with Crippen LogP contribution in [-0.2, 0) is 4.79 Å². The zero-order valence-electron chi connectivity index (χ0n) is 8.71. The zero-order chi connectivity index (χ0) is 10.9. The molecule has 0 spiro atoms. The Morgan fingerprint density at radius 2 is 1.93 bits per heavy atom. The minimum atomic E-state index is 0.0931. The van der Waals surface area contributed by atoms with Crippen LogP contribution in [0.3, 0.4) is 0 Å². The van der Waals surface area contributed by atoms with Gasteiger partial charge in [0.05, 0.1) is 0 Å². The lowest BCUT2D eigenvalue weighted by molar-refractivity contribution is -0.125. The normalized spacial score (nSPS) is 13.0. The topological polar surface area (TPSA) is 33.2 Å². The van der Waals surface area contributed by atoms with Crippen LogP contribution in [0.5, 0.6) is 0 Å². The Labute approximate surface area is 89.7 Å². The number of amides is 1. The SMILES string of the molecule is CC(=O)N1C=CC=CC1.c1ccncc1. The van der Waals surface area contributed by atoms with Gasteiger partial charge in [-0.05, 0) is 18.2 Å². The molecule has 1 aliphatic heterocycles. The second kappa shape index (κ2) is 6.54. The average molecular weight is 202 g/mol. The van der Waals surface area contributed by atoms with Crippen molar-refractivity contribution in [2.75, 3.05) is 6.54 Å². The fourth-order valence-corrected chi connectivity index (χ4v) is 1.01. The smallest absolute Gasteiger partial charge is 0.223 e. The molecule has 1 aliphatic rings. The number of allylic oxidation sites excluding steroid dienone is 2. The molecule has 0 saturated heterocycles. The molecule has 2 heterocycles. The van der Waals surface area contributed by atoms with Gasteiger partial charge in [0.1, 0.15) is 0 Å². The number of aromatic nitrogens is 1. The van der Waals surface area contributed by atoms with Gasteiger partial charge in [0.15, 0.2) is 0 Å². The molecule has 0 unspecified atom stereocenters. The molecule has 2 rings (SSSR count). The molecule has 0 saturated carbocycles. The van der Waals surface area contributed by atoms with Gasteiger partial charge in [0.2, 0.25) is 5.91 Å². The Morgan fingerprint density at radius 1 is 1.20 bits per heavy atom. The zero-order valence-corrected chi connectivity index (χ0v) is 8.71. The number of carbonyl (C=O) groups excluding carboxylic acids is 1. The van der Waals surface area contributed by atoms with Crippen LogP contribution in [0.15, 0.2) is 55.0 Å². The Balaban J connectivity index is 0.000000162. The molecule has 1 aromatic heterocycles. The molecule has 1 amide bonds. The maximum Gasteiger partial charge on any atom is 0.223 e. The summed E-state index contributed by atoms with van der Waals surface area (Å²) in [5.41, 5.74) is 0. The summed E-state index contributed by atoms with van der Waals surface area (Å²) in [6.07, 6.45) is 11.0. The predicted octanol–water partition coefficient (Wildman–Crippen LogP) is 2.00. The number of hydrogen-bond donors (Lipinski definition) is 0. The third-order valence-corrected chi connectivity index (χ3v) is 1.79. The fourth-order valence-electron chi connectivity index (χ4n) is 1.01. The van der Waals surface area contributed by atoms with Crippen molar-refractivity contribution < 1.29 is 4.79 Å². The third kappa shape index (κ3) is 4.76. The number of carbonyl (C=O) groups is 1. The van der Waals surface area contributed by atoms with E-state index in [1.165, 1.54) is 0 Å². The van der Waals surface area contributed by atoms with Gasteiger partial charge in [-0.25, -0.2) is 0 Å². The Morgan fingerprint density at radius 3 is 2.20 bits per heavy atom. The average Bonchev–Trinajstić information content (AvgIpc) is 2.33. The predicted molar refractivity (Wildman–Crippen MR) is 59.9 cm³/mol. The van der Waals surface area contributed by atoms with Crippen molar-refractivity contribution in [3.63, 3.8) is 0 Å². The van der Waals surface area contributed by atoms with E-state index in [9.17, 15) is 4.79 Å². The number of rotatable bonds is 0. The van der Waals surface area contributed by atoms with Crippen LogP contribution in [-0.4, -0.2) is 22.3 Å². The molecule has 0 bridgehead atoms. The lowest BCUT2D eigenvalue weighted by Gasteiger charge is -2.14. The molecule has 3 nitrogen and oxygen atoms in total. The number of pyridine rings is 1. The first kappa shape index (κ1) is 11.2. The molecule has 78 valence electrons. The second-order valence-corrected chi connectivity index (χ2v) is 2.97. The minimum Gasteiger partial charge on any atom is -0.316 e. The van der Waals surface area contributed by atoms with Gasteiger partial charge < -0.3 is 4.90 Å². The molecule has 15 heavy (non-hydrogen) atoms. The molecule has 3 heteroatoms. The van der Waals surface area contributed by atoms with Gasteiger partial charge in [0, 0.05) is 32.1 Å². The standard InChI is InChI=1S/C7H9NO.C5H5N/c1-7(9)8-5-3-2-4-6-8;1-2-4-6-5-3-1/h2-5H,6H2,1H3;1-5H. The highest BCUT2D eigenvalue weighted by Crippen LogP contribution is 1.97. The summed E-state index contributed by atoms with van der Waals surface area (Å²) in [7, 11) is 0. The lowest BCUT2D eigenvalue weighted by Crippen LogP contribution is -2.23. The molecule has 0 atom stereocenters. The lowest BCUT2D eigenvalue weighted by atomic mass is 10.3. The van der Waals surface area contributed by atoms with Gasteiger partial charge in [-0.2, -0.15) is 0 Å². The summed E-state index contributed by atoms with van der Waals surface area (Å²) >= 11 is 0. The van der Waals surface area contributed by atoms with Crippen molar-refractivity contribution in [3.8, 4) is 0 Å². The van der Waals surface area contributed by atoms with E-state index >= 15 is 0 Å². The van der Waals surface area contributed by atoms with Crippen LogP contribution in [0.25, 0.3) is 0 Å². The van der Waals surface area contributed by atoms with E-state index < -0.39 is 0 Å². The van der Waals surface area contributed by atoms with E-state index in [-0.39, 0.29) is 5.91 Å². The van der Waals surface area contributed by atoms with Crippen molar-refractivity contribution in [2.24, 2.45) is 0 Å². The van der Waals surface area contributed by atoms with Crippen LogP contribution in [0, 0.1) is 0 Å². The monoisotopic (exact) mass is 202 g/mol. The highest BCUT2D eigenvalue weighted by atomic mass is 16.2. The molecule has 0 aliphatic carbocycles. The molecular weight excluding hydrogens is 188 g/mol. The number of hydrogen-bond acceptors (Lipinski definition) is 2. The Hall–Kier alpha value is -1.90. The van der Waals surface area contributed by atoms with E-state index in [1.807, 2.05) is 36.4 Å². The largest absolute Gasteiger partial charge is 0.316 e. The third-order valence-electron chi connectivity index (χ3n) is 1.79. The summed E-state index contributed by atoms with van der Waals surface area (Å²) in [6, 6.07) is 5.72. The van der Waals surface area contributed by atoms with Crippen LogP contribution in [0.1, 0.15) is 6.92 Å². The first-order valence-corrected chi connectivity index (χ1v) is 4.76. The van der Waals surface area contributed by atoms with Gasteiger partial charge >= 0.3 is 0 Å². The fraction of sp³-hybridized carbons (Fsp3) is 0.167. The highest BCUT2D eigenvalue weighted by Gasteiger charge is 2.02. The van der Waals surface area contributed by atoms with Crippen LogP contribution in [0.2, 0.25) is 0 Å². The summed E-state index contributed by atoms with van der Waals surface area (Å²) in [5, 5.41) is 0. The minimum absolute atomic E-state index is 0.0931. The molecule has 1 aromatic rings. The summed E-state index contributed by atoms with van der Waals surface area (Å²) in [4.78, 5) is 16.1. The molecule has 0 aromatic carbocycles. The molecular formula is C12H14N2O. The second-order valence-electron chi connectivity index (χ2n) is 2.97. The first-order valence-electron chi connectivity index (χ1n) is 4.76. The summed E-state index contributed by atoms with van der Waals surface area (Å²) in [5.74, 6) is 0.0931. The maximum absolute atomic E-state index is 10.6. The van der Waals surface area contributed by atoms with Gasteiger partial charge in [-0.1, -0.05) is 18.2 Å². The first-order chi connectivity index (χ1) is 7.30. The Kier molecular flexibility index (Phi) is 4.87. The van der Waals surface area contributed by atoms with Crippen LogP contribution in [0.4, 0.5) is 0 Å². The van der Waals surface area contributed by atoms with Gasteiger partial charge in [-0.15, -0.1) is 0 Å². The molecule has 0 N–H and O–H groups in total. The Bertz CT molecular complexity index is 317. The van der Waals surface area contributed by atoms with Gasteiger partial charge in [-0.3, -0.25) is 9.78 Å². The van der Waals surface area contributed by atoms with Crippen molar-refractivity contribution in [1.29, 1.82) is 0 Å². The van der Waals surface area contributed by atoms with Crippen molar-refractivity contribution in [1.82, 2.24) is 9.88 Å². The van der Waals surface area contributed by atoms with E-state index in [4.69, 9.17) is 0 Å². The molecule has 0 radical (unpaired) electrons.